The highest BCUT2D eigenvalue weighted by Gasteiger charge is 2.44. The standard InChI is InChI=1S/2C21H24N2O5S.2ClH/c2*1-7-28-20(25)17-11(2)22-21-23(12(3)19(29-21)13(4)24)18(17)14-8-9-15(26-5)16(10-14)27-6;;/h2*8-10,18H,7H2,1-6H3;2*1H/t2*18-;;/m10../s1. The molecule has 4 heterocycles. The summed E-state index contributed by atoms with van der Waals surface area (Å²) in [7, 11) is 6.29. The molecule has 6 rings (SSSR count). The number of methoxy groups -OCH3 is 4. The number of ketones is 2. The van der Waals surface area contributed by atoms with Crippen LogP contribution in [-0.4, -0.2) is 65.2 Å². The summed E-state index contributed by atoms with van der Waals surface area (Å²) in [5.74, 6) is 1.49. The van der Waals surface area contributed by atoms with Gasteiger partial charge in [-0.15, -0.1) is 0 Å². The maximum atomic E-state index is 12.9. The van der Waals surface area contributed by atoms with Crippen LogP contribution in [0, 0.1) is 13.8 Å². The molecule has 2 atom stereocenters. The molecule has 18 heteroatoms. The first-order valence-corrected chi connectivity index (χ1v) is 20.2. The second kappa shape index (κ2) is 20.9. The van der Waals surface area contributed by atoms with Gasteiger partial charge in [0, 0.05) is 25.0 Å². The Bertz CT molecular complexity index is 2190. The highest BCUT2D eigenvalue weighted by molar-refractivity contribution is 7.17. The summed E-state index contributed by atoms with van der Waals surface area (Å²) >= 11 is 2.75. The second-order valence-electron chi connectivity index (χ2n) is 13.3. The van der Waals surface area contributed by atoms with Crippen molar-refractivity contribution in [1.82, 2.24) is 0 Å². The van der Waals surface area contributed by atoms with Crippen LogP contribution in [-0.2, 0) is 19.1 Å². The van der Waals surface area contributed by atoms with Gasteiger partial charge >= 0.3 is 22.2 Å². The first kappa shape index (κ1) is 49.2. The molecule has 0 fully saturated rings. The van der Waals surface area contributed by atoms with Crippen LogP contribution in [0.2, 0.25) is 0 Å². The van der Waals surface area contributed by atoms with Gasteiger partial charge in [0.25, 0.3) is 0 Å². The average Bonchev–Trinajstić information content (AvgIpc) is 3.71. The number of benzene rings is 2. The van der Waals surface area contributed by atoms with Crippen LogP contribution in [0.4, 0.5) is 10.3 Å². The fraction of sp³-hybridized carbons (Fsp3) is 0.381. The minimum absolute atomic E-state index is 0. The number of allylic oxidation sites excluding steroid dienone is 2. The van der Waals surface area contributed by atoms with Crippen LogP contribution < -0.4 is 63.5 Å². The molecular weight excluding hydrogens is 856 g/mol. The van der Waals surface area contributed by atoms with Crippen molar-refractivity contribution < 1.29 is 81.5 Å². The molecule has 0 saturated heterocycles. The smallest absolute Gasteiger partial charge is 0.342 e. The Hall–Kier alpha value is -5.16. The van der Waals surface area contributed by atoms with E-state index in [4.69, 9.17) is 28.4 Å². The minimum Gasteiger partial charge on any atom is -1.00 e. The van der Waals surface area contributed by atoms with Crippen LogP contribution in [0.5, 0.6) is 23.0 Å². The number of esters is 2. The minimum atomic E-state index is -0.463. The molecule has 0 radical (unpaired) electrons. The van der Waals surface area contributed by atoms with E-state index >= 15 is 0 Å². The molecule has 2 aromatic heterocycles. The molecule has 0 aliphatic carbocycles. The number of hydrogen-bond donors (Lipinski definition) is 2. The van der Waals surface area contributed by atoms with Crippen LogP contribution in [0.3, 0.4) is 0 Å². The number of carbonyl (C=O) groups excluding carboxylic acids is 4. The molecule has 0 bridgehead atoms. The number of ether oxygens (including phenoxy) is 6. The summed E-state index contributed by atoms with van der Waals surface area (Å²) in [5, 5.41) is 8.12. The van der Waals surface area contributed by atoms with Gasteiger partial charge in [0.05, 0.1) is 41.7 Å². The van der Waals surface area contributed by atoms with Crippen molar-refractivity contribution in [3.05, 3.63) is 91.2 Å². The zero-order valence-corrected chi connectivity index (χ0v) is 38.7. The topological polar surface area (TPSA) is 155 Å². The normalized spacial score (nSPS) is 14.9. The quantitative estimate of drug-likeness (QED) is 0.118. The van der Waals surface area contributed by atoms with Crippen LogP contribution in [0.25, 0.3) is 0 Å². The van der Waals surface area contributed by atoms with Crippen LogP contribution in [0.1, 0.15) is 95.5 Å². The molecular formula is C42H50Cl2N4O10S2. The summed E-state index contributed by atoms with van der Waals surface area (Å²) in [6.45, 7) is 14.6. The Balaban J connectivity index is 0.000000310. The Labute approximate surface area is 370 Å². The monoisotopic (exact) mass is 904 g/mol. The van der Waals surface area contributed by atoms with Gasteiger partial charge in [0.15, 0.2) is 46.6 Å². The fourth-order valence-electron chi connectivity index (χ4n) is 7.16. The third-order valence-corrected chi connectivity index (χ3v) is 12.3. The molecule has 2 aliphatic rings. The fourth-order valence-corrected chi connectivity index (χ4v) is 9.41. The molecule has 0 spiro atoms. The van der Waals surface area contributed by atoms with Gasteiger partial charge in [-0.3, -0.25) is 9.59 Å². The third-order valence-electron chi connectivity index (χ3n) is 9.75. The number of nitrogens with zero attached hydrogens (tertiary/aromatic N) is 2. The van der Waals surface area contributed by atoms with Crippen molar-refractivity contribution in [2.24, 2.45) is 0 Å². The largest absolute Gasteiger partial charge is 1.00 e. The van der Waals surface area contributed by atoms with Gasteiger partial charge < -0.3 is 53.2 Å². The molecule has 2 aromatic carbocycles. The van der Waals surface area contributed by atoms with E-state index in [2.05, 4.69) is 10.6 Å². The van der Waals surface area contributed by atoms with Crippen molar-refractivity contribution in [3.63, 3.8) is 0 Å². The lowest BCUT2D eigenvalue weighted by atomic mass is 9.94. The first-order valence-electron chi connectivity index (χ1n) is 18.5. The zero-order chi connectivity index (χ0) is 42.6. The number of fused-ring (bicyclic) bond motifs is 2. The second-order valence-corrected chi connectivity index (χ2v) is 15.3. The van der Waals surface area contributed by atoms with Crippen molar-refractivity contribution in [1.29, 1.82) is 0 Å². The number of halogens is 2. The van der Waals surface area contributed by atoms with E-state index in [-0.39, 0.29) is 49.6 Å². The number of aromatic nitrogens is 2. The van der Waals surface area contributed by atoms with Crippen molar-refractivity contribution >= 4 is 56.4 Å². The Morgan fingerprint density at radius 3 is 1.20 bits per heavy atom. The van der Waals surface area contributed by atoms with Crippen molar-refractivity contribution in [3.8, 4) is 23.0 Å². The number of Topliss-reactive ketones (excluding diaryl/α,β-unsaturated/α-hetero) is 2. The molecule has 4 aromatic rings. The zero-order valence-electron chi connectivity index (χ0n) is 35.6. The van der Waals surface area contributed by atoms with Gasteiger partial charge in [-0.25, -0.2) is 29.4 Å². The van der Waals surface area contributed by atoms with Crippen molar-refractivity contribution in [2.75, 3.05) is 52.3 Å². The van der Waals surface area contributed by atoms with Gasteiger partial charge in [-0.05, 0) is 88.5 Å². The SMILES string of the molecule is CCOC(=O)C1=C(C)Nc2sc(C(C)=O)c(C)[n+]2[C@@H]1c1ccc(OC)c(OC)c1.CCOC(=O)C1=C(C)Nc2sc(C(C)=O)c(C)[n+]2[C@H]1c1ccc(OC)c(OC)c1.[Cl-].[Cl-]. The van der Waals surface area contributed by atoms with Gasteiger partial charge in [0.2, 0.25) is 0 Å². The molecule has 60 heavy (non-hydrogen) atoms. The maximum Gasteiger partial charge on any atom is 0.342 e. The Morgan fingerprint density at radius 2 is 0.917 bits per heavy atom. The predicted octanol–water partition coefficient (Wildman–Crippen LogP) is 0.840. The summed E-state index contributed by atoms with van der Waals surface area (Å²) < 4.78 is 36.3. The number of thiazole rings is 2. The molecule has 2 N–H and O–H groups in total. The molecule has 0 unspecified atom stereocenters. The lowest BCUT2D eigenvalue weighted by Crippen LogP contribution is -3.00. The summed E-state index contributed by atoms with van der Waals surface area (Å²) in [5.41, 5.74) is 5.61. The third kappa shape index (κ3) is 9.41. The number of carbonyl (C=O) groups is 4. The maximum absolute atomic E-state index is 12.9. The number of hydrogen-bond acceptors (Lipinski definition) is 14. The van der Waals surface area contributed by atoms with Crippen LogP contribution >= 0.6 is 22.7 Å². The van der Waals surface area contributed by atoms with E-state index in [0.717, 1.165) is 32.8 Å². The lowest BCUT2D eigenvalue weighted by molar-refractivity contribution is -0.694. The van der Waals surface area contributed by atoms with Crippen LogP contribution in [0.15, 0.2) is 58.9 Å². The highest BCUT2D eigenvalue weighted by Crippen LogP contribution is 2.40. The van der Waals surface area contributed by atoms with E-state index in [9.17, 15) is 19.2 Å². The summed E-state index contributed by atoms with van der Waals surface area (Å²) in [6.07, 6.45) is 0. The predicted molar refractivity (Wildman–Crippen MR) is 220 cm³/mol. The Morgan fingerprint density at radius 1 is 0.583 bits per heavy atom. The average molecular weight is 906 g/mol. The molecule has 0 saturated carbocycles. The molecule has 0 amide bonds. The molecule has 324 valence electrons. The molecule has 2 aliphatic heterocycles. The van der Waals surface area contributed by atoms with E-state index in [1.807, 2.05) is 73.2 Å². The van der Waals surface area contributed by atoms with Gasteiger partial charge in [-0.2, -0.15) is 0 Å². The number of rotatable bonds is 12. The van der Waals surface area contributed by atoms with Gasteiger partial charge in [0.1, 0.15) is 43.7 Å². The van der Waals surface area contributed by atoms with E-state index in [0.29, 0.717) is 55.3 Å². The Kier molecular flexibility index (Phi) is 17.1. The van der Waals surface area contributed by atoms with E-state index < -0.39 is 24.0 Å². The van der Waals surface area contributed by atoms with E-state index in [1.165, 1.54) is 22.7 Å². The lowest BCUT2D eigenvalue weighted by Gasteiger charge is -2.25. The highest BCUT2D eigenvalue weighted by atomic mass is 35.5. The molecule has 14 nitrogen and oxygen atoms in total. The van der Waals surface area contributed by atoms with Crippen molar-refractivity contribution in [2.45, 2.75) is 67.5 Å². The first-order chi connectivity index (χ1) is 27.7. The van der Waals surface area contributed by atoms with E-state index in [1.54, 1.807) is 56.1 Å². The van der Waals surface area contributed by atoms with Gasteiger partial charge in [-0.1, -0.05) is 12.1 Å². The summed E-state index contributed by atoms with van der Waals surface area (Å²) in [6, 6.07) is 10.2. The summed E-state index contributed by atoms with van der Waals surface area (Å²) in [4.78, 5) is 51.3. The number of anilines is 2. The number of nitrogens with one attached hydrogen (secondary N) is 2.